The van der Waals surface area contributed by atoms with E-state index in [4.69, 9.17) is 9.72 Å². The van der Waals surface area contributed by atoms with Gasteiger partial charge in [-0.1, -0.05) is 25.7 Å². The first-order chi connectivity index (χ1) is 21.8. The first-order valence-corrected chi connectivity index (χ1v) is 22.0. The Morgan fingerprint density at radius 3 is 2.28 bits per heavy atom. The second kappa shape index (κ2) is 12.5. The molecule has 4 aliphatic rings. The molecular formula is C34H50F4N4O3SSi. The molecule has 0 radical (unpaired) electrons. The number of hydrogen-bond acceptors (Lipinski definition) is 4. The average molecular weight is 699 g/mol. The van der Waals surface area contributed by atoms with Crippen molar-refractivity contribution in [3.8, 4) is 0 Å². The van der Waals surface area contributed by atoms with Gasteiger partial charge in [-0.15, -0.1) is 0 Å². The van der Waals surface area contributed by atoms with E-state index in [2.05, 4.69) is 29.7 Å². The standard InChI is InChI=1S/C34H50F4N4O3SSi/c1-32(2,3)46(44)41-30(28-23-17-34(37,38)18-24(23)28)31-39-25-14-22(9-10-26(25)42(31)19-45-11-12-47(4,5)6)29(21-7-8-21)40-27(43)13-20-15-33(35,36)16-20/h9-10,14,20-21,23-24,28-30,41H,7-8,11-13,15-19H2,1-6H3,(H,40,43)/t23-,24+,28?,29-,30+,46-/m1/s1. The minimum absolute atomic E-state index is 0.0929. The van der Waals surface area contributed by atoms with Crippen LogP contribution in [-0.2, 0) is 27.2 Å². The monoisotopic (exact) mass is 698 g/mol. The van der Waals surface area contributed by atoms with Gasteiger partial charge in [0, 0.05) is 46.8 Å². The molecule has 47 heavy (non-hydrogen) atoms. The predicted molar refractivity (Wildman–Crippen MR) is 178 cm³/mol. The number of nitrogens with one attached hydrogen (secondary N) is 2. The molecule has 2 N–H and O–H groups in total. The molecule has 0 aliphatic heterocycles. The van der Waals surface area contributed by atoms with Crippen LogP contribution in [0.3, 0.4) is 0 Å². The maximum absolute atomic E-state index is 14.3. The fraction of sp³-hybridized carbons (Fsp3) is 0.765. The third kappa shape index (κ3) is 8.15. The number of rotatable bonds is 14. The zero-order chi connectivity index (χ0) is 34.1. The highest BCUT2D eigenvalue weighted by Gasteiger charge is 2.65. The number of alkyl halides is 4. The molecule has 2 aromatic rings. The van der Waals surface area contributed by atoms with Crippen molar-refractivity contribution >= 4 is 36.0 Å². The zero-order valence-electron chi connectivity index (χ0n) is 28.4. The fourth-order valence-electron chi connectivity index (χ4n) is 7.51. The normalized spacial score (nSPS) is 27.2. The van der Waals surface area contributed by atoms with Gasteiger partial charge in [0.05, 0.1) is 38.8 Å². The number of carbonyl (C=O) groups is 1. The number of ether oxygens (including phenoxy) is 1. The van der Waals surface area contributed by atoms with E-state index in [-0.39, 0.29) is 80.4 Å². The molecule has 1 amide bonds. The van der Waals surface area contributed by atoms with Crippen LogP contribution in [0.15, 0.2) is 18.2 Å². The number of hydrogen-bond donors (Lipinski definition) is 2. The van der Waals surface area contributed by atoms with E-state index in [0.29, 0.717) is 17.9 Å². The summed E-state index contributed by atoms with van der Waals surface area (Å²) in [7, 11) is -2.82. The summed E-state index contributed by atoms with van der Waals surface area (Å²) in [4.78, 5) is 18.0. The minimum Gasteiger partial charge on any atom is -0.361 e. The van der Waals surface area contributed by atoms with Gasteiger partial charge in [0.15, 0.2) is 0 Å². The van der Waals surface area contributed by atoms with Crippen molar-refractivity contribution in [2.24, 2.45) is 29.6 Å². The van der Waals surface area contributed by atoms with E-state index in [1.54, 1.807) is 0 Å². The van der Waals surface area contributed by atoms with Crippen LogP contribution in [0, 0.1) is 29.6 Å². The Hall–Kier alpha value is -1.83. The smallest absolute Gasteiger partial charge is 0.248 e. The van der Waals surface area contributed by atoms with Gasteiger partial charge in [-0.3, -0.25) is 4.79 Å². The van der Waals surface area contributed by atoms with Crippen molar-refractivity contribution < 1.29 is 31.3 Å². The van der Waals surface area contributed by atoms with Crippen molar-refractivity contribution in [2.75, 3.05) is 6.61 Å². The average Bonchev–Trinajstić information content (AvgIpc) is 3.81. The van der Waals surface area contributed by atoms with Crippen LogP contribution in [0.1, 0.15) is 89.2 Å². The lowest BCUT2D eigenvalue weighted by Gasteiger charge is -2.34. The largest absolute Gasteiger partial charge is 0.361 e. The molecule has 0 bridgehead atoms. The quantitative estimate of drug-likeness (QED) is 0.120. The van der Waals surface area contributed by atoms with Gasteiger partial charge >= 0.3 is 0 Å². The van der Waals surface area contributed by atoms with Crippen LogP contribution < -0.4 is 10.0 Å². The van der Waals surface area contributed by atoms with E-state index >= 15 is 0 Å². The second-order valence-corrected chi connectivity index (χ2v) is 24.5. The second-order valence-electron chi connectivity index (χ2n) is 16.9. The number of imidazole rings is 1. The van der Waals surface area contributed by atoms with Gasteiger partial charge in [-0.25, -0.2) is 31.5 Å². The molecule has 0 saturated heterocycles. The van der Waals surface area contributed by atoms with Crippen LogP contribution in [-0.4, -0.2) is 50.9 Å². The first-order valence-electron chi connectivity index (χ1n) is 17.1. The van der Waals surface area contributed by atoms with E-state index in [9.17, 15) is 26.6 Å². The van der Waals surface area contributed by atoms with Crippen molar-refractivity contribution in [2.45, 2.75) is 127 Å². The van der Waals surface area contributed by atoms with Gasteiger partial charge < -0.3 is 14.6 Å². The molecule has 4 aliphatic carbocycles. The van der Waals surface area contributed by atoms with Crippen molar-refractivity contribution in [3.05, 3.63) is 29.6 Å². The summed E-state index contributed by atoms with van der Waals surface area (Å²) in [5.74, 6) is -5.39. The summed E-state index contributed by atoms with van der Waals surface area (Å²) < 4.78 is 79.8. The van der Waals surface area contributed by atoms with Crippen molar-refractivity contribution in [1.29, 1.82) is 0 Å². The highest BCUT2D eigenvalue weighted by Crippen LogP contribution is 2.66. The Kier molecular flexibility index (Phi) is 9.31. The van der Waals surface area contributed by atoms with Gasteiger partial charge in [0.2, 0.25) is 17.8 Å². The maximum atomic E-state index is 14.3. The molecule has 6 atom stereocenters. The third-order valence-corrected chi connectivity index (χ3v) is 13.6. The number of nitrogens with zero attached hydrogens (tertiary/aromatic N) is 2. The van der Waals surface area contributed by atoms with E-state index in [1.165, 1.54) is 0 Å². The number of amides is 1. The van der Waals surface area contributed by atoms with Crippen LogP contribution in [0.25, 0.3) is 11.0 Å². The summed E-state index contributed by atoms with van der Waals surface area (Å²) in [6.07, 6.45) is 1.22. The minimum atomic E-state index is -2.67. The number of fused-ring (bicyclic) bond motifs is 2. The van der Waals surface area contributed by atoms with Crippen LogP contribution in [0.2, 0.25) is 25.7 Å². The maximum Gasteiger partial charge on any atom is 0.248 e. The molecule has 0 spiro atoms. The summed E-state index contributed by atoms with van der Waals surface area (Å²) in [6.45, 7) is 13.3. The molecule has 6 rings (SSSR count). The Labute approximate surface area is 279 Å². The number of aromatic nitrogens is 2. The van der Waals surface area contributed by atoms with Gasteiger partial charge in [0.1, 0.15) is 12.6 Å². The molecule has 1 unspecified atom stereocenters. The van der Waals surface area contributed by atoms with Crippen molar-refractivity contribution in [1.82, 2.24) is 19.6 Å². The Bertz CT molecular complexity index is 1500. The lowest BCUT2D eigenvalue weighted by Crippen LogP contribution is -2.39. The van der Waals surface area contributed by atoms with Gasteiger partial charge in [0.25, 0.3) is 0 Å². The lowest BCUT2D eigenvalue weighted by atomic mass is 9.79. The Balaban J connectivity index is 1.31. The van der Waals surface area contributed by atoms with Crippen LogP contribution >= 0.6 is 0 Å². The fourth-order valence-corrected chi connectivity index (χ4v) is 9.11. The Morgan fingerprint density at radius 1 is 1.06 bits per heavy atom. The van der Waals surface area contributed by atoms with E-state index in [1.807, 2.05) is 43.5 Å². The lowest BCUT2D eigenvalue weighted by molar-refractivity contribution is -0.134. The Morgan fingerprint density at radius 2 is 1.70 bits per heavy atom. The summed E-state index contributed by atoms with van der Waals surface area (Å²) in [5, 5.41) is 3.13. The SMILES string of the molecule is CC(C)(C)[S@@](=O)N[C@H](c1nc2cc([C@H](NC(=O)CC3CC(F)(F)C3)C3CC3)ccc2n1COCC[Si](C)(C)C)C1[C@H]2CC(F)(F)C[C@@H]12. The summed E-state index contributed by atoms with van der Waals surface area (Å²) in [6, 6.07) is 6.15. The summed E-state index contributed by atoms with van der Waals surface area (Å²) >= 11 is 0. The predicted octanol–water partition coefficient (Wildman–Crippen LogP) is 7.74. The highest BCUT2D eigenvalue weighted by molar-refractivity contribution is 7.84. The molecular weight excluding hydrogens is 649 g/mol. The molecule has 262 valence electrons. The number of carbonyl (C=O) groups excluding carboxylic acids is 1. The third-order valence-electron chi connectivity index (χ3n) is 10.4. The molecule has 4 saturated carbocycles. The molecule has 13 heteroatoms. The number of halogens is 4. The molecule has 4 fully saturated rings. The molecule has 7 nitrogen and oxygen atoms in total. The zero-order valence-corrected chi connectivity index (χ0v) is 30.2. The number of benzene rings is 1. The van der Waals surface area contributed by atoms with Crippen LogP contribution in [0.5, 0.6) is 0 Å². The molecule has 1 heterocycles. The molecule has 1 aromatic heterocycles. The van der Waals surface area contributed by atoms with Crippen molar-refractivity contribution in [3.63, 3.8) is 0 Å². The van der Waals surface area contributed by atoms with E-state index in [0.717, 1.165) is 30.0 Å². The van der Waals surface area contributed by atoms with Gasteiger partial charge in [-0.05, 0) is 86.9 Å². The first kappa shape index (κ1) is 35.0. The van der Waals surface area contributed by atoms with E-state index < -0.39 is 41.7 Å². The van der Waals surface area contributed by atoms with Crippen LogP contribution in [0.4, 0.5) is 17.6 Å². The topological polar surface area (TPSA) is 85.3 Å². The highest BCUT2D eigenvalue weighted by atomic mass is 32.2. The molecule has 1 aromatic carbocycles. The summed E-state index contributed by atoms with van der Waals surface area (Å²) in [5.41, 5.74) is 2.40. The van der Waals surface area contributed by atoms with Gasteiger partial charge in [-0.2, -0.15) is 0 Å².